The number of fused-ring (bicyclic) bond motifs is 1. The highest BCUT2D eigenvalue weighted by atomic mass is 16.8. The van der Waals surface area contributed by atoms with Gasteiger partial charge in [0, 0.05) is 63.2 Å². The molecule has 0 bridgehead atoms. The molecule has 1 aliphatic carbocycles. The van der Waals surface area contributed by atoms with Crippen LogP contribution in [0.2, 0.25) is 0 Å². The molecule has 0 saturated carbocycles. The van der Waals surface area contributed by atoms with Gasteiger partial charge in [0.15, 0.2) is 0 Å². The Balaban J connectivity index is 1.31. The highest BCUT2D eigenvalue weighted by Gasteiger charge is 2.55. The van der Waals surface area contributed by atoms with E-state index in [0.29, 0.717) is 16.7 Å². The zero-order valence-corrected chi connectivity index (χ0v) is 37.1. The van der Waals surface area contributed by atoms with Crippen molar-refractivity contribution in [3.63, 3.8) is 0 Å². The third kappa shape index (κ3) is 11.8. The first-order valence-corrected chi connectivity index (χ1v) is 21.4. The second kappa shape index (κ2) is 20.8. The molecule has 336 valence electrons. The Morgan fingerprint density at radius 2 is 1.44 bits per heavy atom. The zero-order chi connectivity index (χ0) is 46.0. The van der Waals surface area contributed by atoms with E-state index in [1.807, 2.05) is 91.0 Å². The summed E-state index contributed by atoms with van der Waals surface area (Å²) in [6, 6.07) is 32.8. The molecule has 2 aliphatic rings. The number of aliphatic hydroxyl groups excluding tert-OH is 1. The quantitative estimate of drug-likeness (QED) is 0.101. The minimum atomic E-state index is -1.43. The first-order valence-electron chi connectivity index (χ1n) is 21.4. The maximum Gasteiger partial charge on any atom is 0.338 e. The Kier molecular flexibility index (Phi) is 15.3. The summed E-state index contributed by atoms with van der Waals surface area (Å²) in [6.07, 6.45) is 2.16. The lowest BCUT2D eigenvalue weighted by atomic mass is 9.90. The maximum atomic E-state index is 14.8. The van der Waals surface area contributed by atoms with E-state index in [1.165, 1.54) is 22.9 Å². The van der Waals surface area contributed by atoms with Crippen LogP contribution in [-0.2, 0) is 50.3 Å². The molecule has 2 N–H and O–H groups in total. The van der Waals surface area contributed by atoms with Crippen molar-refractivity contribution in [3.05, 3.63) is 161 Å². The van der Waals surface area contributed by atoms with Gasteiger partial charge < -0.3 is 39.2 Å². The topological polar surface area (TPSA) is 161 Å². The number of rotatable bonds is 16. The van der Waals surface area contributed by atoms with Gasteiger partial charge in [0.1, 0.15) is 30.0 Å². The standard InChI is InChI=1S/C51H57N3O10/c1-50(2,3)63-45(57)29-27-40(33-55)52-47(58)41(30-35-16-10-7-11-17-35)54(6)48(59)37-31-42(61-49(60)36-25-22-34(23-26-36)24-28-44(56)53(4)5)46-43(32-37)62-51(64-46,38-18-12-8-13-19-38)39-20-14-9-15-21-39/h7-26,28,32,40-43,46,55H,27,29-31,33H2,1-6H3,(H,52,58)/t40-,41+,42+,43+,46-/m0/s1. The van der Waals surface area contributed by atoms with E-state index in [9.17, 15) is 29.1 Å². The molecule has 1 heterocycles. The van der Waals surface area contributed by atoms with Crippen molar-refractivity contribution in [2.75, 3.05) is 27.7 Å². The van der Waals surface area contributed by atoms with E-state index < -0.39 is 72.1 Å². The van der Waals surface area contributed by atoms with E-state index in [4.69, 9.17) is 18.9 Å². The van der Waals surface area contributed by atoms with Gasteiger partial charge in [0.05, 0.1) is 18.2 Å². The summed E-state index contributed by atoms with van der Waals surface area (Å²) in [7, 11) is 4.84. The third-order valence-electron chi connectivity index (χ3n) is 11.0. The van der Waals surface area contributed by atoms with E-state index in [0.717, 1.165) is 5.56 Å². The molecule has 3 amide bonds. The molecule has 1 saturated heterocycles. The first kappa shape index (κ1) is 47.1. The van der Waals surface area contributed by atoms with E-state index in [1.54, 1.807) is 71.3 Å². The first-order chi connectivity index (χ1) is 30.6. The molecule has 64 heavy (non-hydrogen) atoms. The number of aliphatic hydroxyl groups is 1. The van der Waals surface area contributed by atoms with Crippen molar-refractivity contribution in [2.45, 2.75) is 88.2 Å². The van der Waals surface area contributed by atoms with E-state index >= 15 is 0 Å². The van der Waals surface area contributed by atoms with Crippen LogP contribution in [0.4, 0.5) is 0 Å². The van der Waals surface area contributed by atoms with Crippen molar-refractivity contribution in [2.24, 2.45) is 0 Å². The molecule has 6 rings (SSSR count). The fourth-order valence-electron chi connectivity index (χ4n) is 7.64. The van der Waals surface area contributed by atoms with Crippen molar-refractivity contribution in [1.82, 2.24) is 15.1 Å². The molecule has 1 aliphatic heterocycles. The zero-order valence-electron chi connectivity index (χ0n) is 37.1. The molecule has 4 aromatic rings. The predicted molar refractivity (Wildman–Crippen MR) is 240 cm³/mol. The average Bonchev–Trinajstić information content (AvgIpc) is 3.70. The number of nitrogens with zero attached hydrogens (tertiary/aromatic N) is 2. The number of hydrogen-bond acceptors (Lipinski definition) is 10. The summed E-state index contributed by atoms with van der Waals surface area (Å²) < 4.78 is 25.5. The van der Waals surface area contributed by atoms with Gasteiger partial charge in [-0.3, -0.25) is 19.2 Å². The normalized spacial score (nSPS) is 18.8. The Hall–Kier alpha value is -6.41. The SMILES string of the molecule is CN(C)C(=O)C=Cc1ccc(C(=O)O[C@@H]2CC(C(=O)N(C)[C@H](Cc3ccccc3)C(=O)N[C@H](CO)CCC(=O)OC(C)(C)C)=C[C@H]3OC(c4ccccc4)(c4ccccc4)O[C@H]32)cc1. The largest absolute Gasteiger partial charge is 0.460 e. The lowest BCUT2D eigenvalue weighted by molar-refractivity contribution is -0.157. The molecular formula is C51H57N3O10. The molecule has 0 radical (unpaired) electrons. The smallest absolute Gasteiger partial charge is 0.338 e. The minimum Gasteiger partial charge on any atom is -0.460 e. The number of hydrogen-bond donors (Lipinski definition) is 2. The van der Waals surface area contributed by atoms with Crippen LogP contribution >= 0.6 is 0 Å². The van der Waals surface area contributed by atoms with Crippen molar-refractivity contribution in [1.29, 1.82) is 0 Å². The van der Waals surface area contributed by atoms with Crippen molar-refractivity contribution < 1.29 is 48.0 Å². The van der Waals surface area contributed by atoms with Gasteiger partial charge in [0.25, 0.3) is 0 Å². The van der Waals surface area contributed by atoms with Gasteiger partial charge in [-0.05, 0) is 62.6 Å². The van der Waals surface area contributed by atoms with Gasteiger partial charge in [-0.15, -0.1) is 0 Å². The third-order valence-corrected chi connectivity index (χ3v) is 11.0. The summed E-state index contributed by atoms with van der Waals surface area (Å²) in [5.74, 6) is -3.78. The molecule has 13 nitrogen and oxygen atoms in total. The summed E-state index contributed by atoms with van der Waals surface area (Å²) >= 11 is 0. The number of carbonyl (C=O) groups is 5. The number of amides is 3. The minimum absolute atomic E-state index is 0.0368. The van der Waals surface area contributed by atoms with E-state index in [2.05, 4.69) is 5.32 Å². The lowest BCUT2D eigenvalue weighted by Crippen LogP contribution is -2.53. The molecule has 1 fully saturated rings. The Labute approximate surface area is 374 Å². The summed E-state index contributed by atoms with van der Waals surface area (Å²) in [5, 5.41) is 13.1. The second-order valence-electron chi connectivity index (χ2n) is 17.2. The van der Waals surface area contributed by atoms with Crippen LogP contribution in [0.5, 0.6) is 0 Å². The number of benzene rings is 4. The summed E-state index contributed by atoms with van der Waals surface area (Å²) in [5.41, 5.74) is 2.67. The fraction of sp³-hybridized carbons (Fsp3) is 0.353. The molecular weight excluding hydrogens is 815 g/mol. The molecule has 5 atom stereocenters. The van der Waals surface area contributed by atoms with E-state index in [-0.39, 0.29) is 42.7 Å². The van der Waals surface area contributed by atoms with Crippen LogP contribution < -0.4 is 5.32 Å². The van der Waals surface area contributed by atoms with Gasteiger partial charge in [-0.1, -0.05) is 103 Å². The van der Waals surface area contributed by atoms with Gasteiger partial charge >= 0.3 is 11.9 Å². The van der Waals surface area contributed by atoms with Crippen molar-refractivity contribution in [3.8, 4) is 0 Å². The molecule has 4 aromatic carbocycles. The van der Waals surface area contributed by atoms with Crippen LogP contribution in [0.15, 0.2) is 133 Å². The molecule has 13 heteroatoms. The van der Waals surface area contributed by atoms with Gasteiger partial charge in [-0.25, -0.2) is 4.79 Å². The van der Waals surface area contributed by atoms with Gasteiger partial charge in [0.2, 0.25) is 23.5 Å². The fourth-order valence-corrected chi connectivity index (χ4v) is 7.64. The lowest BCUT2D eigenvalue weighted by Gasteiger charge is -2.34. The van der Waals surface area contributed by atoms with Gasteiger partial charge in [-0.2, -0.15) is 0 Å². The number of carbonyl (C=O) groups excluding carboxylic acids is 5. The number of likely N-dealkylation sites (N-methyl/N-ethyl adjacent to an activating group) is 2. The molecule has 0 aromatic heterocycles. The number of esters is 2. The highest BCUT2D eigenvalue weighted by molar-refractivity contribution is 5.97. The summed E-state index contributed by atoms with van der Waals surface area (Å²) in [6.45, 7) is 4.84. The van der Waals surface area contributed by atoms with Crippen LogP contribution in [0.1, 0.15) is 72.6 Å². The van der Waals surface area contributed by atoms with Crippen LogP contribution in [-0.4, -0.2) is 108 Å². The van der Waals surface area contributed by atoms with Crippen molar-refractivity contribution >= 4 is 35.7 Å². The van der Waals surface area contributed by atoms with Crippen LogP contribution in [0.25, 0.3) is 6.08 Å². The average molecular weight is 872 g/mol. The number of ether oxygens (including phenoxy) is 4. The monoisotopic (exact) mass is 871 g/mol. The molecule has 0 unspecified atom stereocenters. The highest BCUT2D eigenvalue weighted by Crippen LogP contribution is 2.47. The Bertz CT molecular complexity index is 2270. The second-order valence-corrected chi connectivity index (χ2v) is 17.2. The van der Waals surface area contributed by atoms with Crippen LogP contribution in [0.3, 0.4) is 0 Å². The Morgan fingerprint density at radius 1 is 0.844 bits per heavy atom. The van der Waals surface area contributed by atoms with Crippen LogP contribution in [0, 0.1) is 0 Å². The maximum absolute atomic E-state index is 14.8. The predicted octanol–water partition coefficient (Wildman–Crippen LogP) is 6.00. The number of nitrogens with one attached hydrogen (secondary N) is 1. The molecule has 0 spiro atoms. The summed E-state index contributed by atoms with van der Waals surface area (Å²) in [4.78, 5) is 70.4. The Morgan fingerprint density at radius 3 is 2.00 bits per heavy atom.